The second kappa shape index (κ2) is 12.2. The SMILES string of the molecule is CC(C)CCNc1nc(N2CCN(CC(=O)N3CCN(C(=O)OC(C)(C)C)CC3)C(=O)C2)cc(C(F)(F)F)n1. The van der Waals surface area contributed by atoms with Crippen LogP contribution in [0.2, 0.25) is 0 Å². The number of anilines is 2. The van der Waals surface area contributed by atoms with Crippen LogP contribution in [0.25, 0.3) is 0 Å². The van der Waals surface area contributed by atoms with Crippen molar-refractivity contribution in [2.24, 2.45) is 5.92 Å². The molecule has 0 aliphatic carbocycles. The van der Waals surface area contributed by atoms with Crippen LogP contribution in [0, 0.1) is 5.92 Å². The summed E-state index contributed by atoms with van der Waals surface area (Å²) in [6, 6.07) is 0.839. The Labute approximate surface area is 226 Å². The lowest BCUT2D eigenvalue weighted by Crippen LogP contribution is -2.56. The van der Waals surface area contributed by atoms with E-state index in [9.17, 15) is 27.6 Å². The number of nitrogens with one attached hydrogen (secondary N) is 1. The van der Waals surface area contributed by atoms with E-state index in [0.717, 1.165) is 12.5 Å². The molecule has 2 aliphatic rings. The number of ether oxygens (including phenoxy) is 1. The van der Waals surface area contributed by atoms with Gasteiger partial charge in [-0.1, -0.05) is 13.8 Å². The number of halogens is 3. The molecular formula is C25H38F3N7O4. The van der Waals surface area contributed by atoms with Gasteiger partial charge in [-0.2, -0.15) is 18.2 Å². The van der Waals surface area contributed by atoms with Crippen LogP contribution in [0.4, 0.5) is 29.7 Å². The molecule has 2 fully saturated rings. The minimum Gasteiger partial charge on any atom is -0.444 e. The summed E-state index contributed by atoms with van der Waals surface area (Å²) in [5, 5.41) is 2.84. The molecule has 3 amide bonds. The van der Waals surface area contributed by atoms with Gasteiger partial charge in [-0.25, -0.2) is 9.78 Å². The number of carbonyl (C=O) groups is 3. The Hall–Kier alpha value is -3.32. The molecule has 3 rings (SSSR count). The van der Waals surface area contributed by atoms with Gasteiger partial charge in [0.25, 0.3) is 0 Å². The maximum Gasteiger partial charge on any atom is 0.433 e. The highest BCUT2D eigenvalue weighted by molar-refractivity contribution is 5.88. The molecule has 39 heavy (non-hydrogen) atoms. The minimum absolute atomic E-state index is 0.00182. The Morgan fingerprint density at radius 1 is 1.03 bits per heavy atom. The Bertz CT molecular complexity index is 1040. The van der Waals surface area contributed by atoms with Crippen LogP contribution >= 0.6 is 0 Å². The standard InChI is InChI=1S/C25H38F3N7O4/c1-17(2)6-7-29-22-30-18(25(26,27)28)14-19(31-22)34-12-13-35(21(37)15-34)16-20(36)32-8-10-33(11-9-32)23(38)39-24(3,4)5/h14,17H,6-13,15-16H2,1-5H3,(H,29,30,31). The Balaban J connectivity index is 1.57. The summed E-state index contributed by atoms with van der Waals surface area (Å²) in [4.78, 5) is 51.8. The fraction of sp³-hybridized carbons (Fsp3) is 0.720. The maximum absolute atomic E-state index is 13.5. The monoisotopic (exact) mass is 557 g/mol. The molecule has 1 aromatic rings. The lowest BCUT2D eigenvalue weighted by molar-refractivity contribution is -0.141. The van der Waals surface area contributed by atoms with Gasteiger partial charge >= 0.3 is 12.3 Å². The van der Waals surface area contributed by atoms with Crippen molar-refractivity contribution in [1.29, 1.82) is 0 Å². The van der Waals surface area contributed by atoms with Crippen molar-refractivity contribution < 1.29 is 32.3 Å². The molecule has 2 saturated heterocycles. The van der Waals surface area contributed by atoms with Gasteiger partial charge in [-0.15, -0.1) is 0 Å². The number of rotatable bonds is 7. The van der Waals surface area contributed by atoms with Gasteiger partial charge in [-0.05, 0) is 33.1 Å². The van der Waals surface area contributed by atoms with Crippen molar-refractivity contribution in [1.82, 2.24) is 24.7 Å². The molecule has 218 valence electrons. The number of carbonyl (C=O) groups excluding carboxylic acids is 3. The zero-order valence-corrected chi connectivity index (χ0v) is 23.2. The van der Waals surface area contributed by atoms with E-state index in [1.54, 1.807) is 30.6 Å². The smallest absolute Gasteiger partial charge is 0.433 e. The van der Waals surface area contributed by atoms with Crippen molar-refractivity contribution in [2.45, 2.75) is 52.8 Å². The first kappa shape index (κ1) is 30.2. The van der Waals surface area contributed by atoms with E-state index in [1.807, 2.05) is 13.8 Å². The Kier molecular flexibility index (Phi) is 9.49. The summed E-state index contributed by atoms with van der Waals surface area (Å²) in [6.07, 6.45) is -4.37. The van der Waals surface area contributed by atoms with Crippen LogP contribution in [0.15, 0.2) is 6.07 Å². The van der Waals surface area contributed by atoms with Gasteiger partial charge in [0.15, 0.2) is 5.69 Å². The van der Waals surface area contributed by atoms with E-state index in [2.05, 4.69) is 15.3 Å². The molecule has 11 nitrogen and oxygen atoms in total. The molecule has 14 heteroatoms. The molecule has 0 atom stereocenters. The molecular weight excluding hydrogens is 519 g/mol. The fourth-order valence-electron chi connectivity index (χ4n) is 4.09. The summed E-state index contributed by atoms with van der Waals surface area (Å²) in [5.41, 5.74) is -1.70. The van der Waals surface area contributed by atoms with Crippen LogP contribution < -0.4 is 10.2 Å². The van der Waals surface area contributed by atoms with Crippen molar-refractivity contribution in [3.05, 3.63) is 11.8 Å². The summed E-state index contributed by atoms with van der Waals surface area (Å²) in [5.74, 6) is -0.426. The largest absolute Gasteiger partial charge is 0.444 e. The van der Waals surface area contributed by atoms with Crippen LogP contribution in [0.1, 0.15) is 46.7 Å². The number of amides is 3. The second-order valence-corrected chi connectivity index (χ2v) is 11.1. The molecule has 1 N–H and O–H groups in total. The van der Waals surface area contributed by atoms with E-state index >= 15 is 0 Å². The Morgan fingerprint density at radius 3 is 2.23 bits per heavy atom. The molecule has 2 aliphatic heterocycles. The van der Waals surface area contributed by atoms with Gasteiger partial charge in [0, 0.05) is 51.9 Å². The maximum atomic E-state index is 13.5. The van der Waals surface area contributed by atoms with Crippen LogP contribution in [0.5, 0.6) is 0 Å². The van der Waals surface area contributed by atoms with Crippen LogP contribution in [-0.2, 0) is 20.5 Å². The first-order valence-corrected chi connectivity index (χ1v) is 13.1. The number of nitrogens with zero attached hydrogens (tertiary/aromatic N) is 6. The van der Waals surface area contributed by atoms with E-state index in [1.165, 1.54) is 9.80 Å². The number of hydrogen-bond acceptors (Lipinski definition) is 8. The third-order valence-corrected chi connectivity index (χ3v) is 6.26. The van der Waals surface area contributed by atoms with Crippen LogP contribution in [0.3, 0.4) is 0 Å². The van der Waals surface area contributed by atoms with Crippen molar-refractivity contribution >= 4 is 29.7 Å². The quantitative estimate of drug-likeness (QED) is 0.545. The summed E-state index contributed by atoms with van der Waals surface area (Å²) in [7, 11) is 0. The average Bonchev–Trinajstić information content (AvgIpc) is 2.83. The molecule has 0 bridgehead atoms. The average molecular weight is 558 g/mol. The minimum atomic E-state index is -4.67. The highest BCUT2D eigenvalue weighted by Gasteiger charge is 2.36. The van der Waals surface area contributed by atoms with E-state index < -0.39 is 23.6 Å². The van der Waals surface area contributed by atoms with E-state index in [4.69, 9.17) is 4.74 Å². The molecule has 0 aromatic carbocycles. The Morgan fingerprint density at radius 2 is 1.67 bits per heavy atom. The second-order valence-electron chi connectivity index (χ2n) is 11.1. The molecule has 3 heterocycles. The molecule has 1 aromatic heterocycles. The third-order valence-electron chi connectivity index (χ3n) is 6.26. The number of hydrogen-bond donors (Lipinski definition) is 1. The van der Waals surface area contributed by atoms with E-state index in [-0.39, 0.29) is 49.8 Å². The van der Waals surface area contributed by atoms with Crippen molar-refractivity contribution in [3.63, 3.8) is 0 Å². The van der Waals surface area contributed by atoms with Gasteiger partial charge < -0.3 is 29.7 Å². The van der Waals surface area contributed by atoms with Crippen LogP contribution in [-0.4, -0.2) is 107 Å². The van der Waals surface area contributed by atoms with Crippen molar-refractivity contribution in [2.75, 3.05) is 69.1 Å². The summed E-state index contributed by atoms with van der Waals surface area (Å²) >= 11 is 0. The predicted molar refractivity (Wildman–Crippen MR) is 138 cm³/mol. The lowest BCUT2D eigenvalue weighted by atomic mass is 10.1. The van der Waals surface area contributed by atoms with Gasteiger partial charge in [-0.3, -0.25) is 9.59 Å². The number of aromatic nitrogens is 2. The van der Waals surface area contributed by atoms with Gasteiger partial charge in [0.05, 0.1) is 13.1 Å². The zero-order valence-electron chi connectivity index (χ0n) is 23.2. The van der Waals surface area contributed by atoms with E-state index in [0.29, 0.717) is 38.6 Å². The highest BCUT2D eigenvalue weighted by atomic mass is 19.4. The number of piperazine rings is 2. The van der Waals surface area contributed by atoms with Gasteiger partial charge in [0.1, 0.15) is 11.4 Å². The molecule has 0 spiro atoms. The summed E-state index contributed by atoms with van der Waals surface area (Å²) < 4.78 is 45.8. The fourth-order valence-corrected chi connectivity index (χ4v) is 4.09. The molecule has 0 unspecified atom stereocenters. The first-order valence-electron chi connectivity index (χ1n) is 13.1. The highest BCUT2D eigenvalue weighted by Crippen LogP contribution is 2.31. The normalized spacial score (nSPS) is 17.1. The zero-order chi connectivity index (χ0) is 29.0. The molecule has 0 saturated carbocycles. The number of alkyl halides is 3. The first-order chi connectivity index (χ1) is 18.1. The third kappa shape index (κ3) is 8.85. The topological polar surface area (TPSA) is 111 Å². The predicted octanol–water partition coefficient (Wildman–Crippen LogP) is 2.68. The molecule has 0 radical (unpaired) electrons. The summed E-state index contributed by atoms with van der Waals surface area (Å²) in [6.45, 7) is 11.1. The lowest BCUT2D eigenvalue weighted by Gasteiger charge is -2.38. The van der Waals surface area contributed by atoms with Gasteiger partial charge in [0.2, 0.25) is 17.8 Å². The van der Waals surface area contributed by atoms with Crippen molar-refractivity contribution in [3.8, 4) is 0 Å².